The molecule has 1 aromatic heterocycles. The number of benzene rings is 2. The second-order valence-electron chi connectivity index (χ2n) is 7.12. The van der Waals surface area contributed by atoms with Crippen LogP contribution in [0.4, 0.5) is 17.5 Å². The predicted molar refractivity (Wildman–Crippen MR) is 116 cm³/mol. The van der Waals surface area contributed by atoms with Crippen LogP contribution >= 0.6 is 0 Å². The largest absolute Gasteiger partial charge is 0.495 e. The van der Waals surface area contributed by atoms with Gasteiger partial charge < -0.3 is 19.9 Å². The predicted octanol–water partition coefficient (Wildman–Crippen LogP) is 3.13. The molecule has 0 amide bonds. The molecular formula is C22H26N6O. The van der Waals surface area contributed by atoms with E-state index in [0.29, 0.717) is 12.5 Å². The third-order valence-corrected chi connectivity index (χ3v) is 5.15. The maximum atomic E-state index is 5.50. The number of piperazine rings is 1. The van der Waals surface area contributed by atoms with Gasteiger partial charge in [0.15, 0.2) is 5.82 Å². The average Bonchev–Trinajstić information content (AvgIpc) is 2.79. The van der Waals surface area contributed by atoms with Crippen LogP contribution in [0.25, 0.3) is 0 Å². The normalized spacial score (nSPS) is 14.0. The van der Waals surface area contributed by atoms with E-state index >= 15 is 0 Å². The monoisotopic (exact) mass is 390 g/mol. The van der Waals surface area contributed by atoms with E-state index in [4.69, 9.17) is 4.74 Å². The zero-order valence-electron chi connectivity index (χ0n) is 16.9. The number of aromatic nitrogens is 3. The Labute approximate surface area is 171 Å². The average molecular weight is 390 g/mol. The molecule has 0 aliphatic carbocycles. The minimum Gasteiger partial charge on any atom is -0.495 e. The van der Waals surface area contributed by atoms with E-state index in [1.807, 2.05) is 18.2 Å². The Hall–Kier alpha value is -3.35. The van der Waals surface area contributed by atoms with E-state index in [2.05, 4.69) is 67.6 Å². The number of rotatable bonds is 6. The number of ether oxygens (including phenoxy) is 1. The maximum absolute atomic E-state index is 5.50. The number of hydrogen-bond donors (Lipinski definition) is 1. The third-order valence-electron chi connectivity index (χ3n) is 5.15. The SMILES string of the molecule is COc1ccccc1N1CCN(c2cnnc(NCc3ccc(C)cc3)n2)CC1. The summed E-state index contributed by atoms with van der Waals surface area (Å²) >= 11 is 0. The minimum atomic E-state index is 0.551. The molecule has 1 aliphatic heterocycles. The van der Waals surface area contributed by atoms with Crippen LogP contribution < -0.4 is 19.9 Å². The van der Waals surface area contributed by atoms with Crippen molar-refractivity contribution in [2.45, 2.75) is 13.5 Å². The van der Waals surface area contributed by atoms with E-state index in [-0.39, 0.29) is 0 Å². The van der Waals surface area contributed by atoms with E-state index in [1.165, 1.54) is 11.1 Å². The van der Waals surface area contributed by atoms with Crippen molar-refractivity contribution in [2.24, 2.45) is 0 Å². The fraction of sp³-hybridized carbons (Fsp3) is 0.318. The topological polar surface area (TPSA) is 66.4 Å². The fourth-order valence-electron chi connectivity index (χ4n) is 3.48. The van der Waals surface area contributed by atoms with Crippen molar-refractivity contribution in [3.05, 3.63) is 65.9 Å². The Morgan fingerprint density at radius 2 is 1.69 bits per heavy atom. The lowest BCUT2D eigenvalue weighted by Gasteiger charge is -2.37. The maximum Gasteiger partial charge on any atom is 0.244 e. The quantitative estimate of drug-likeness (QED) is 0.694. The summed E-state index contributed by atoms with van der Waals surface area (Å²) in [6.07, 6.45) is 1.73. The summed E-state index contributed by atoms with van der Waals surface area (Å²) in [5, 5.41) is 11.5. The summed E-state index contributed by atoms with van der Waals surface area (Å²) < 4.78 is 5.50. The molecule has 0 atom stereocenters. The first-order valence-electron chi connectivity index (χ1n) is 9.85. The van der Waals surface area contributed by atoms with Crippen molar-refractivity contribution in [1.29, 1.82) is 0 Å². The molecule has 3 aromatic rings. The molecule has 7 nitrogen and oxygen atoms in total. The molecule has 1 saturated heterocycles. The van der Waals surface area contributed by atoms with Crippen LogP contribution in [0.1, 0.15) is 11.1 Å². The molecule has 0 radical (unpaired) electrons. The van der Waals surface area contributed by atoms with Gasteiger partial charge in [-0.2, -0.15) is 10.1 Å². The van der Waals surface area contributed by atoms with Crippen molar-refractivity contribution in [2.75, 3.05) is 48.4 Å². The highest BCUT2D eigenvalue weighted by molar-refractivity contribution is 5.59. The van der Waals surface area contributed by atoms with Crippen LogP contribution in [0, 0.1) is 6.92 Å². The molecule has 150 valence electrons. The molecular weight excluding hydrogens is 364 g/mol. The lowest BCUT2D eigenvalue weighted by atomic mass is 10.1. The Morgan fingerprint density at radius 1 is 0.966 bits per heavy atom. The van der Waals surface area contributed by atoms with Gasteiger partial charge in [0, 0.05) is 32.7 Å². The summed E-state index contributed by atoms with van der Waals surface area (Å²) in [5.74, 6) is 2.31. The highest BCUT2D eigenvalue weighted by Gasteiger charge is 2.21. The van der Waals surface area contributed by atoms with Crippen LogP contribution in [-0.4, -0.2) is 48.5 Å². The van der Waals surface area contributed by atoms with Gasteiger partial charge in [0.25, 0.3) is 0 Å². The summed E-state index contributed by atoms with van der Waals surface area (Å²) in [6, 6.07) is 16.6. The van der Waals surface area contributed by atoms with Gasteiger partial charge in [-0.15, -0.1) is 5.10 Å². The lowest BCUT2D eigenvalue weighted by molar-refractivity contribution is 0.413. The van der Waals surface area contributed by atoms with Crippen molar-refractivity contribution < 1.29 is 4.74 Å². The second kappa shape index (κ2) is 8.77. The molecule has 1 aliphatic rings. The van der Waals surface area contributed by atoms with E-state index in [9.17, 15) is 0 Å². The second-order valence-corrected chi connectivity index (χ2v) is 7.12. The van der Waals surface area contributed by atoms with E-state index < -0.39 is 0 Å². The highest BCUT2D eigenvalue weighted by Crippen LogP contribution is 2.28. The fourth-order valence-corrected chi connectivity index (χ4v) is 3.48. The van der Waals surface area contributed by atoms with Crippen molar-refractivity contribution >= 4 is 17.5 Å². The van der Waals surface area contributed by atoms with Gasteiger partial charge in [0.1, 0.15) is 5.75 Å². The summed E-state index contributed by atoms with van der Waals surface area (Å²) in [5.41, 5.74) is 3.58. The summed E-state index contributed by atoms with van der Waals surface area (Å²) in [4.78, 5) is 9.25. The number of aryl methyl sites for hydroxylation is 1. The molecule has 0 unspecified atom stereocenters. The number of para-hydroxylation sites is 2. The number of hydrogen-bond acceptors (Lipinski definition) is 7. The van der Waals surface area contributed by atoms with Gasteiger partial charge >= 0.3 is 0 Å². The molecule has 0 bridgehead atoms. The van der Waals surface area contributed by atoms with Crippen molar-refractivity contribution in [3.8, 4) is 5.75 Å². The van der Waals surface area contributed by atoms with Gasteiger partial charge in [-0.1, -0.05) is 42.0 Å². The highest BCUT2D eigenvalue weighted by atomic mass is 16.5. The zero-order valence-corrected chi connectivity index (χ0v) is 16.9. The molecule has 0 saturated carbocycles. The van der Waals surface area contributed by atoms with Gasteiger partial charge in [0.05, 0.1) is 19.0 Å². The van der Waals surface area contributed by atoms with Crippen LogP contribution in [0.2, 0.25) is 0 Å². The van der Waals surface area contributed by atoms with Gasteiger partial charge in [-0.3, -0.25) is 0 Å². The first kappa shape index (κ1) is 19.0. The Bertz CT molecular complexity index is 938. The molecule has 2 aromatic carbocycles. The first-order valence-corrected chi connectivity index (χ1v) is 9.85. The Morgan fingerprint density at radius 3 is 2.45 bits per heavy atom. The van der Waals surface area contributed by atoms with Crippen molar-refractivity contribution in [1.82, 2.24) is 15.2 Å². The minimum absolute atomic E-state index is 0.551. The van der Waals surface area contributed by atoms with Crippen LogP contribution in [-0.2, 0) is 6.54 Å². The van der Waals surface area contributed by atoms with E-state index in [0.717, 1.165) is 43.4 Å². The van der Waals surface area contributed by atoms with Gasteiger partial charge in [-0.05, 0) is 24.6 Å². The third kappa shape index (κ3) is 4.56. The Kier molecular flexibility index (Phi) is 5.74. The molecule has 0 spiro atoms. The molecule has 1 fully saturated rings. The van der Waals surface area contributed by atoms with Gasteiger partial charge in [0.2, 0.25) is 5.95 Å². The summed E-state index contributed by atoms with van der Waals surface area (Å²) in [7, 11) is 1.72. The number of methoxy groups -OCH3 is 1. The van der Waals surface area contributed by atoms with Gasteiger partial charge in [-0.25, -0.2) is 0 Å². The smallest absolute Gasteiger partial charge is 0.244 e. The van der Waals surface area contributed by atoms with Crippen LogP contribution in [0.5, 0.6) is 5.75 Å². The molecule has 1 N–H and O–H groups in total. The molecule has 2 heterocycles. The van der Waals surface area contributed by atoms with Crippen LogP contribution in [0.3, 0.4) is 0 Å². The lowest BCUT2D eigenvalue weighted by Crippen LogP contribution is -2.47. The Balaban J connectivity index is 1.37. The number of nitrogens with one attached hydrogen (secondary N) is 1. The standard InChI is InChI=1S/C22H26N6O/c1-17-7-9-18(10-8-17)15-23-22-25-21(16-24-26-22)28-13-11-27(12-14-28)19-5-3-4-6-20(19)29-2/h3-10,16H,11-15H2,1-2H3,(H,23,25,26). The molecule has 4 rings (SSSR count). The molecule has 29 heavy (non-hydrogen) atoms. The first-order chi connectivity index (χ1) is 14.2. The number of anilines is 3. The van der Waals surface area contributed by atoms with Crippen LogP contribution in [0.15, 0.2) is 54.7 Å². The van der Waals surface area contributed by atoms with Crippen molar-refractivity contribution in [3.63, 3.8) is 0 Å². The molecule has 7 heteroatoms. The number of nitrogens with zero attached hydrogens (tertiary/aromatic N) is 5. The zero-order chi connectivity index (χ0) is 20.1. The summed E-state index contributed by atoms with van der Waals surface area (Å²) in [6.45, 7) is 6.30. The van der Waals surface area contributed by atoms with E-state index in [1.54, 1.807) is 13.3 Å².